The van der Waals surface area contributed by atoms with Gasteiger partial charge in [-0.1, -0.05) is 56.2 Å². The van der Waals surface area contributed by atoms with Crippen molar-refractivity contribution >= 4 is 31.9 Å². The maximum atomic E-state index is 3.75. The van der Waals surface area contributed by atoms with E-state index in [1.165, 1.54) is 42.4 Å². The van der Waals surface area contributed by atoms with Crippen LogP contribution in [-0.2, 0) is 0 Å². The van der Waals surface area contributed by atoms with Crippen LogP contribution >= 0.6 is 31.9 Å². The molecule has 4 aliphatic carbocycles. The van der Waals surface area contributed by atoms with Crippen LogP contribution in [0.1, 0.15) is 13.8 Å². The molecule has 0 N–H and O–H groups in total. The summed E-state index contributed by atoms with van der Waals surface area (Å²) in [6.45, 7) is 4.43. The van der Waals surface area contributed by atoms with Crippen molar-refractivity contribution in [3.05, 3.63) is 78.9 Å². The summed E-state index contributed by atoms with van der Waals surface area (Å²) in [7, 11) is 0. The fourth-order valence-corrected chi connectivity index (χ4v) is 5.19. The van der Waals surface area contributed by atoms with E-state index in [1.54, 1.807) is 0 Å². The summed E-state index contributed by atoms with van der Waals surface area (Å²) in [5.74, 6) is 0.927. The average molecular weight is 390 g/mol. The summed E-state index contributed by atoms with van der Waals surface area (Å²) in [6, 6.07) is 0. The Bertz CT molecular complexity index is 684. The third kappa shape index (κ3) is 1.58. The molecule has 0 fully saturated rings. The van der Waals surface area contributed by atoms with E-state index in [1.807, 2.05) is 0 Å². The van der Waals surface area contributed by atoms with Crippen molar-refractivity contribution in [3.63, 3.8) is 0 Å². The van der Waals surface area contributed by atoms with Gasteiger partial charge in [-0.2, -0.15) is 0 Å². The molecule has 0 aromatic rings. The van der Waals surface area contributed by atoms with E-state index in [-0.39, 0.29) is 0 Å². The Labute approximate surface area is 136 Å². The van der Waals surface area contributed by atoms with Crippen molar-refractivity contribution in [2.75, 3.05) is 0 Å². The highest BCUT2D eigenvalue weighted by atomic mass is 79.9. The molecule has 0 amide bonds. The number of halogens is 2. The number of rotatable bonds is 0. The molecule has 0 bridgehead atoms. The number of hydrogen-bond acceptors (Lipinski definition) is 0. The maximum Gasteiger partial charge on any atom is 0.0216 e. The van der Waals surface area contributed by atoms with Gasteiger partial charge in [-0.3, -0.25) is 0 Å². The van der Waals surface area contributed by atoms with Gasteiger partial charge in [-0.15, -0.1) is 0 Å². The summed E-state index contributed by atoms with van der Waals surface area (Å²) in [5, 5.41) is 0. The Hall–Kier alpha value is -0.860. The van der Waals surface area contributed by atoms with Crippen LogP contribution in [-0.4, -0.2) is 0 Å². The Morgan fingerprint density at radius 3 is 2.30 bits per heavy atom. The van der Waals surface area contributed by atoms with Crippen LogP contribution in [0.2, 0.25) is 0 Å². The van der Waals surface area contributed by atoms with E-state index in [0.29, 0.717) is 11.8 Å². The molecule has 2 heteroatoms. The van der Waals surface area contributed by atoms with Crippen molar-refractivity contribution in [2.45, 2.75) is 13.8 Å². The standard InChI is InChI=1S/C18H14Br2/c1-9-7-15(19)13-6-4-12-10(2)8-16(20)14-5-3-11(9)17(13)18(12)14/h3-8,17-18H,1-2H3. The molecule has 0 nitrogen and oxygen atoms in total. The minimum atomic E-state index is 0.463. The summed E-state index contributed by atoms with van der Waals surface area (Å²) in [6.07, 6.45) is 13.7. The van der Waals surface area contributed by atoms with Gasteiger partial charge < -0.3 is 0 Å². The van der Waals surface area contributed by atoms with Crippen molar-refractivity contribution < 1.29 is 0 Å². The molecule has 0 aliphatic heterocycles. The van der Waals surface area contributed by atoms with Gasteiger partial charge in [-0.05, 0) is 59.4 Å². The fraction of sp³-hybridized carbons (Fsp3) is 0.222. The Kier molecular flexibility index (Phi) is 2.77. The van der Waals surface area contributed by atoms with Gasteiger partial charge in [0.15, 0.2) is 0 Å². The molecule has 0 aromatic carbocycles. The highest BCUT2D eigenvalue weighted by molar-refractivity contribution is 9.12. The molecular formula is C18H14Br2. The van der Waals surface area contributed by atoms with E-state index in [0.717, 1.165) is 0 Å². The second kappa shape index (κ2) is 4.32. The van der Waals surface area contributed by atoms with E-state index >= 15 is 0 Å². The molecule has 0 saturated carbocycles. The number of hydrogen-bond donors (Lipinski definition) is 0. The highest BCUT2D eigenvalue weighted by Gasteiger charge is 2.41. The first-order valence-electron chi connectivity index (χ1n) is 6.84. The van der Waals surface area contributed by atoms with E-state index in [4.69, 9.17) is 0 Å². The summed E-state index contributed by atoms with van der Waals surface area (Å²) in [4.78, 5) is 0. The molecule has 20 heavy (non-hydrogen) atoms. The van der Waals surface area contributed by atoms with Crippen molar-refractivity contribution in [2.24, 2.45) is 11.8 Å². The quantitative estimate of drug-likeness (QED) is 0.485. The summed E-state index contributed by atoms with van der Waals surface area (Å²) >= 11 is 7.50. The molecule has 0 saturated heterocycles. The van der Waals surface area contributed by atoms with E-state index in [9.17, 15) is 0 Å². The zero-order chi connectivity index (χ0) is 14.0. The van der Waals surface area contributed by atoms with Gasteiger partial charge in [0.1, 0.15) is 0 Å². The predicted octanol–water partition coefficient (Wildman–Crippen LogP) is 5.87. The van der Waals surface area contributed by atoms with Crippen molar-refractivity contribution in [1.82, 2.24) is 0 Å². The minimum absolute atomic E-state index is 0.463. The van der Waals surface area contributed by atoms with E-state index in [2.05, 4.69) is 82.2 Å². The molecule has 4 rings (SSSR count). The van der Waals surface area contributed by atoms with Crippen LogP contribution in [0.25, 0.3) is 0 Å². The zero-order valence-corrected chi connectivity index (χ0v) is 14.5. The fourth-order valence-electron chi connectivity index (χ4n) is 3.75. The predicted molar refractivity (Wildman–Crippen MR) is 91.7 cm³/mol. The molecule has 100 valence electrons. The van der Waals surface area contributed by atoms with Gasteiger partial charge in [0, 0.05) is 20.8 Å². The Morgan fingerprint density at radius 2 is 1.50 bits per heavy atom. The van der Waals surface area contributed by atoms with Gasteiger partial charge in [0.05, 0.1) is 0 Å². The summed E-state index contributed by atoms with van der Waals surface area (Å²) in [5.41, 5.74) is 8.51. The molecular weight excluding hydrogens is 376 g/mol. The lowest BCUT2D eigenvalue weighted by Crippen LogP contribution is -2.31. The minimum Gasteiger partial charge on any atom is -0.0578 e. The monoisotopic (exact) mass is 388 g/mol. The van der Waals surface area contributed by atoms with Crippen molar-refractivity contribution in [1.29, 1.82) is 0 Å². The molecule has 0 radical (unpaired) electrons. The van der Waals surface area contributed by atoms with Crippen molar-refractivity contribution in [3.8, 4) is 0 Å². The van der Waals surface area contributed by atoms with Gasteiger partial charge in [-0.25, -0.2) is 0 Å². The van der Waals surface area contributed by atoms with Crippen LogP contribution in [0.4, 0.5) is 0 Å². The normalized spacial score (nSPS) is 30.6. The molecule has 0 heterocycles. The molecule has 2 unspecified atom stereocenters. The lowest BCUT2D eigenvalue weighted by molar-refractivity contribution is 0.552. The first kappa shape index (κ1) is 12.8. The largest absolute Gasteiger partial charge is 0.0578 e. The lowest BCUT2D eigenvalue weighted by Gasteiger charge is -2.42. The average Bonchev–Trinajstić information content (AvgIpc) is 2.42. The second-order valence-corrected chi connectivity index (χ2v) is 7.50. The second-order valence-electron chi connectivity index (χ2n) is 5.79. The molecule has 2 atom stereocenters. The maximum absolute atomic E-state index is 3.75. The smallest absolute Gasteiger partial charge is 0.0216 e. The van der Waals surface area contributed by atoms with Crippen LogP contribution in [0.3, 0.4) is 0 Å². The van der Waals surface area contributed by atoms with Gasteiger partial charge >= 0.3 is 0 Å². The third-order valence-electron chi connectivity index (χ3n) is 4.71. The third-order valence-corrected chi connectivity index (χ3v) is 6.08. The molecule has 0 spiro atoms. The Morgan fingerprint density at radius 1 is 0.850 bits per heavy atom. The van der Waals surface area contributed by atoms with E-state index < -0.39 is 0 Å². The topological polar surface area (TPSA) is 0 Å². The van der Waals surface area contributed by atoms with Crippen LogP contribution < -0.4 is 0 Å². The van der Waals surface area contributed by atoms with Crippen LogP contribution in [0.5, 0.6) is 0 Å². The lowest BCUT2D eigenvalue weighted by atomic mass is 9.62. The van der Waals surface area contributed by atoms with Crippen LogP contribution in [0, 0.1) is 11.8 Å². The highest BCUT2D eigenvalue weighted by Crippen LogP contribution is 2.54. The summed E-state index contributed by atoms with van der Waals surface area (Å²) < 4.78 is 2.47. The number of allylic oxidation sites excluding steroid dienone is 14. The van der Waals surface area contributed by atoms with Gasteiger partial charge in [0.25, 0.3) is 0 Å². The first-order valence-corrected chi connectivity index (χ1v) is 8.43. The van der Waals surface area contributed by atoms with Gasteiger partial charge in [0.2, 0.25) is 0 Å². The zero-order valence-electron chi connectivity index (χ0n) is 11.4. The van der Waals surface area contributed by atoms with Crippen LogP contribution in [0.15, 0.2) is 78.9 Å². The Balaban J connectivity index is 2.06. The SMILES string of the molecule is CC1=CC(Br)=C2C=CC3=C(C)C=C(Br)C4=CC=C1C2C43. The molecule has 0 aromatic heterocycles. The first-order chi connectivity index (χ1) is 9.58. The molecule has 4 aliphatic rings.